The first kappa shape index (κ1) is 19.6. The van der Waals surface area contributed by atoms with E-state index in [4.69, 9.17) is 4.74 Å². The smallest absolute Gasteiger partial charge is 0.392 e. The summed E-state index contributed by atoms with van der Waals surface area (Å²) in [6.45, 7) is 0.538. The number of ether oxygens (including phenoxy) is 1. The minimum atomic E-state index is 0.365. The number of hydrogen-bond acceptors (Lipinski definition) is 9. The summed E-state index contributed by atoms with van der Waals surface area (Å²) in [7, 11) is 2.97. The third-order valence-electron chi connectivity index (χ3n) is 3.98. The number of thiazole rings is 1. The lowest BCUT2D eigenvalue weighted by Gasteiger charge is -2.12. The van der Waals surface area contributed by atoms with Crippen LogP contribution in [0.1, 0.15) is 5.56 Å². The number of aromatic nitrogens is 4. The van der Waals surface area contributed by atoms with Crippen LogP contribution in [-0.4, -0.2) is 38.9 Å². The Morgan fingerprint density at radius 2 is 2.03 bits per heavy atom. The summed E-state index contributed by atoms with van der Waals surface area (Å²) in [6, 6.07) is 11.8. The summed E-state index contributed by atoms with van der Waals surface area (Å²) >= 11 is 4.18. The molecule has 3 aromatic heterocycles. The number of hydrogen-bond donors (Lipinski definition) is 0. The van der Waals surface area contributed by atoms with Gasteiger partial charge in [-0.2, -0.15) is 0 Å². The Labute approximate surface area is 178 Å². The zero-order valence-corrected chi connectivity index (χ0v) is 18.0. The van der Waals surface area contributed by atoms with E-state index in [2.05, 4.69) is 20.0 Å². The van der Waals surface area contributed by atoms with E-state index in [0.29, 0.717) is 26.0 Å². The molecule has 0 amide bonds. The maximum absolute atomic E-state index is 11.6. The number of thiophene rings is 1. The van der Waals surface area contributed by atoms with Crippen LogP contribution in [-0.2, 0) is 11.4 Å². The van der Waals surface area contributed by atoms with Gasteiger partial charge in [0.05, 0.1) is 23.4 Å². The Kier molecular flexibility index (Phi) is 5.88. The fourth-order valence-electron chi connectivity index (χ4n) is 2.65. The van der Waals surface area contributed by atoms with E-state index in [0.717, 1.165) is 22.0 Å². The highest BCUT2D eigenvalue weighted by Crippen LogP contribution is 2.36. The zero-order valence-electron chi connectivity index (χ0n) is 15.5. The van der Waals surface area contributed by atoms with Crippen molar-refractivity contribution < 1.29 is 14.5 Å². The van der Waals surface area contributed by atoms with Crippen LogP contribution < -0.4 is 4.74 Å². The van der Waals surface area contributed by atoms with Crippen molar-refractivity contribution in [1.82, 2.24) is 19.7 Å². The normalized spacial score (nSPS) is 10.8. The Balaban J connectivity index is 1.70. The van der Waals surface area contributed by atoms with E-state index in [1.54, 1.807) is 18.4 Å². The van der Waals surface area contributed by atoms with E-state index in [9.17, 15) is 4.91 Å². The van der Waals surface area contributed by atoms with Crippen LogP contribution in [0.5, 0.6) is 5.75 Å². The fraction of sp³-hybridized carbons (Fsp3) is 0.167. The highest BCUT2D eigenvalue weighted by atomic mass is 32.2. The highest BCUT2D eigenvalue weighted by molar-refractivity contribution is 8.00. The molecule has 0 fully saturated rings. The fourth-order valence-corrected chi connectivity index (χ4v) is 5.16. The van der Waals surface area contributed by atoms with Gasteiger partial charge in [0.1, 0.15) is 11.9 Å². The van der Waals surface area contributed by atoms with Gasteiger partial charge in [-0.05, 0) is 40.6 Å². The summed E-state index contributed by atoms with van der Waals surface area (Å²) in [5, 5.41) is 11.8. The topological polar surface area (TPSA) is 82.1 Å². The zero-order chi connectivity index (χ0) is 20.2. The molecule has 0 spiro atoms. The molecule has 0 aliphatic carbocycles. The molecule has 0 saturated carbocycles. The standard InChI is InChI=1S/C18H16N5O3S3/c1-25-13-7-4-3-6-12(13)11-22-16(14-8-5-9-27-14)20-21-17(22)29-18-19-10-15(28-18)23(24)26-2/h3-10H,11H2,1-2H3/q+1. The van der Waals surface area contributed by atoms with Gasteiger partial charge in [0.2, 0.25) is 0 Å². The molecular formula is C18H16N5O3S3+. The van der Waals surface area contributed by atoms with Gasteiger partial charge in [-0.15, -0.1) is 21.5 Å². The molecule has 0 radical (unpaired) electrons. The van der Waals surface area contributed by atoms with Crippen molar-refractivity contribution in [3.05, 3.63) is 58.4 Å². The summed E-state index contributed by atoms with van der Waals surface area (Å²) in [4.78, 5) is 22.0. The number of rotatable bonds is 8. The molecule has 3 heterocycles. The Morgan fingerprint density at radius 3 is 2.79 bits per heavy atom. The van der Waals surface area contributed by atoms with Crippen molar-refractivity contribution in [2.75, 3.05) is 14.2 Å². The lowest BCUT2D eigenvalue weighted by Crippen LogP contribution is -2.05. The predicted octanol–water partition coefficient (Wildman–Crippen LogP) is 4.64. The summed E-state index contributed by atoms with van der Waals surface area (Å²) in [5.74, 6) is 1.57. The molecule has 1 aromatic carbocycles. The van der Waals surface area contributed by atoms with Crippen LogP contribution in [0, 0.1) is 4.91 Å². The van der Waals surface area contributed by atoms with Crippen LogP contribution in [0.4, 0.5) is 5.00 Å². The molecule has 0 aliphatic heterocycles. The lowest BCUT2D eigenvalue weighted by atomic mass is 10.2. The van der Waals surface area contributed by atoms with Crippen molar-refractivity contribution in [3.8, 4) is 16.5 Å². The monoisotopic (exact) mass is 446 g/mol. The molecule has 148 valence electrons. The molecule has 8 nitrogen and oxygen atoms in total. The van der Waals surface area contributed by atoms with Gasteiger partial charge in [-0.25, -0.2) is 9.82 Å². The Hall–Kier alpha value is -2.76. The van der Waals surface area contributed by atoms with Gasteiger partial charge in [0.25, 0.3) is 4.92 Å². The molecular weight excluding hydrogens is 430 g/mol. The summed E-state index contributed by atoms with van der Waals surface area (Å²) in [5.41, 5.74) is 1.01. The van der Waals surface area contributed by atoms with Crippen molar-refractivity contribution in [2.24, 2.45) is 0 Å². The molecule has 0 aliphatic rings. The van der Waals surface area contributed by atoms with Crippen LogP contribution in [0.3, 0.4) is 0 Å². The third kappa shape index (κ3) is 4.16. The third-order valence-corrected chi connectivity index (χ3v) is 6.85. The van der Waals surface area contributed by atoms with Gasteiger partial charge in [0.15, 0.2) is 22.4 Å². The van der Waals surface area contributed by atoms with E-state index >= 15 is 0 Å². The summed E-state index contributed by atoms with van der Waals surface area (Å²) < 4.78 is 8.20. The quantitative estimate of drug-likeness (QED) is 0.365. The summed E-state index contributed by atoms with van der Waals surface area (Å²) in [6.07, 6.45) is 1.48. The van der Waals surface area contributed by atoms with Crippen molar-refractivity contribution >= 4 is 39.4 Å². The molecule has 0 unspecified atom stereocenters. The predicted molar refractivity (Wildman–Crippen MR) is 112 cm³/mol. The second-order valence-corrected chi connectivity index (χ2v) is 8.86. The minimum absolute atomic E-state index is 0.365. The molecule has 0 bridgehead atoms. The molecule has 29 heavy (non-hydrogen) atoms. The Morgan fingerprint density at radius 1 is 1.17 bits per heavy atom. The maximum atomic E-state index is 11.6. The first-order valence-electron chi connectivity index (χ1n) is 8.43. The number of methoxy groups -OCH3 is 1. The SMILES string of the molecule is COc1ccccc1Cn1c(Sc2ncc([N+](=O)OC)s2)nnc1-c1cccs1. The second-order valence-electron chi connectivity index (χ2n) is 5.69. The van der Waals surface area contributed by atoms with Crippen molar-refractivity contribution in [3.63, 3.8) is 0 Å². The van der Waals surface area contributed by atoms with Gasteiger partial charge >= 0.3 is 5.00 Å². The maximum Gasteiger partial charge on any atom is 0.392 e. The van der Waals surface area contributed by atoms with Gasteiger partial charge in [-0.3, -0.25) is 4.57 Å². The minimum Gasteiger partial charge on any atom is -0.496 e. The largest absolute Gasteiger partial charge is 0.496 e. The lowest BCUT2D eigenvalue weighted by molar-refractivity contribution is -0.734. The first-order valence-corrected chi connectivity index (χ1v) is 10.9. The average Bonchev–Trinajstić information content (AvgIpc) is 3.50. The second kappa shape index (κ2) is 8.72. The number of nitrogens with zero attached hydrogens (tertiary/aromatic N) is 5. The van der Waals surface area contributed by atoms with Crippen LogP contribution in [0.2, 0.25) is 0 Å². The number of para-hydroxylation sites is 1. The Bertz CT molecular complexity index is 1120. The number of benzene rings is 1. The van der Waals surface area contributed by atoms with E-state index in [-0.39, 0.29) is 0 Å². The van der Waals surface area contributed by atoms with Gasteiger partial charge < -0.3 is 4.74 Å². The van der Waals surface area contributed by atoms with Gasteiger partial charge in [-0.1, -0.05) is 24.3 Å². The molecule has 4 aromatic rings. The van der Waals surface area contributed by atoms with Crippen LogP contribution in [0.25, 0.3) is 10.7 Å². The van der Waals surface area contributed by atoms with Crippen molar-refractivity contribution in [2.45, 2.75) is 16.0 Å². The van der Waals surface area contributed by atoms with Crippen molar-refractivity contribution in [1.29, 1.82) is 0 Å². The molecule has 11 heteroatoms. The average molecular weight is 447 g/mol. The van der Waals surface area contributed by atoms with E-state index in [1.807, 2.05) is 46.3 Å². The molecule has 0 atom stereocenters. The van der Waals surface area contributed by atoms with Crippen LogP contribution in [0.15, 0.2) is 57.5 Å². The molecule has 0 N–H and O–H groups in total. The van der Waals surface area contributed by atoms with Crippen LogP contribution >= 0.6 is 34.4 Å². The van der Waals surface area contributed by atoms with Gasteiger partial charge in [0, 0.05) is 5.56 Å². The van der Waals surface area contributed by atoms with E-state index < -0.39 is 0 Å². The molecule has 0 saturated heterocycles. The molecule has 4 rings (SSSR count). The van der Waals surface area contributed by atoms with E-state index in [1.165, 1.54) is 36.4 Å². The highest BCUT2D eigenvalue weighted by Gasteiger charge is 2.23. The first-order chi connectivity index (χ1) is 14.2.